The zero-order valence-corrected chi connectivity index (χ0v) is 16.9. The van der Waals surface area contributed by atoms with Crippen LogP contribution in [-0.4, -0.2) is 35.7 Å². The van der Waals surface area contributed by atoms with Crippen LogP contribution in [0.1, 0.15) is 29.3 Å². The third kappa shape index (κ3) is 3.41. The Labute approximate surface area is 166 Å². The second-order valence-electron chi connectivity index (χ2n) is 6.91. The first-order valence-electron chi connectivity index (χ1n) is 8.97. The lowest BCUT2D eigenvalue weighted by Crippen LogP contribution is -2.38. The van der Waals surface area contributed by atoms with Crippen LogP contribution in [0.15, 0.2) is 47.4 Å². The van der Waals surface area contributed by atoms with E-state index in [0.717, 1.165) is 21.3 Å². The number of nitro groups is 1. The molecule has 2 heterocycles. The first-order valence-corrected chi connectivity index (χ1v) is 11.2. The summed E-state index contributed by atoms with van der Waals surface area (Å²) in [6.07, 6.45) is 1.38. The van der Waals surface area contributed by atoms with Crippen molar-refractivity contribution in [3.05, 3.63) is 63.1 Å². The van der Waals surface area contributed by atoms with E-state index >= 15 is 0 Å². The number of fused-ring (bicyclic) bond motifs is 1. The van der Waals surface area contributed by atoms with Gasteiger partial charge in [-0.25, -0.2) is 13.4 Å². The number of para-hydroxylation sites is 1. The smallest absolute Gasteiger partial charge is 0.258 e. The molecule has 2 aromatic carbocycles. The van der Waals surface area contributed by atoms with Crippen LogP contribution in [-0.2, 0) is 10.0 Å². The number of aromatic nitrogens is 1. The predicted octanol–water partition coefficient (Wildman–Crippen LogP) is 4.08. The molecular weight excluding hydrogens is 398 g/mol. The third-order valence-corrected chi connectivity index (χ3v) is 8.35. The minimum absolute atomic E-state index is 0.0140. The maximum absolute atomic E-state index is 13.1. The molecule has 0 amide bonds. The largest absolute Gasteiger partial charge is 0.270 e. The number of hydrogen-bond donors (Lipinski definition) is 0. The molecule has 0 aliphatic carbocycles. The van der Waals surface area contributed by atoms with Gasteiger partial charge in [-0.1, -0.05) is 18.2 Å². The minimum atomic E-state index is -3.77. The number of thiazole rings is 1. The Bertz CT molecular complexity index is 1120. The summed E-state index contributed by atoms with van der Waals surface area (Å²) in [5.41, 5.74) is 1.28. The Morgan fingerprint density at radius 1 is 1.18 bits per heavy atom. The van der Waals surface area contributed by atoms with Crippen molar-refractivity contribution in [3.63, 3.8) is 0 Å². The molecule has 0 atom stereocenters. The van der Waals surface area contributed by atoms with E-state index < -0.39 is 14.9 Å². The van der Waals surface area contributed by atoms with Gasteiger partial charge in [-0.3, -0.25) is 10.1 Å². The third-order valence-electron chi connectivity index (χ3n) is 5.11. The molecule has 0 bridgehead atoms. The van der Waals surface area contributed by atoms with Crippen LogP contribution >= 0.6 is 11.3 Å². The predicted molar refractivity (Wildman–Crippen MR) is 108 cm³/mol. The Kier molecular flexibility index (Phi) is 4.90. The quantitative estimate of drug-likeness (QED) is 0.471. The van der Waals surface area contributed by atoms with E-state index in [1.54, 1.807) is 18.3 Å². The van der Waals surface area contributed by atoms with Gasteiger partial charge in [0.1, 0.15) is 0 Å². The number of nitrogens with zero attached hydrogens (tertiary/aromatic N) is 3. The summed E-state index contributed by atoms with van der Waals surface area (Å²) in [5, 5.41) is 12.1. The average molecular weight is 418 g/mol. The first-order chi connectivity index (χ1) is 13.4. The zero-order valence-electron chi connectivity index (χ0n) is 15.2. The number of sulfonamides is 1. The van der Waals surface area contributed by atoms with Crippen LogP contribution < -0.4 is 0 Å². The van der Waals surface area contributed by atoms with Gasteiger partial charge in [-0.05, 0) is 37.5 Å². The number of piperidine rings is 1. The van der Waals surface area contributed by atoms with Gasteiger partial charge >= 0.3 is 0 Å². The Balaban J connectivity index is 1.54. The fraction of sp³-hybridized carbons (Fsp3) is 0.316. The second kappa shape index (κ2) is 7.23. The van der Waals surface area contributed by atoms with E-state index in [0.29, 0.717) is 31.5 Å². The van der Waals surface area contributed by atoms with Gasteiger partial charge in [-0.15, -0.1) is 11.3 Å². The van der Waals surface area contributed by atoms with Crippen LogP contribution in [0.2, 0.25) is 0 Å². The fourth-order valence-electron chi connectivity index (χ4n) is 3.53. The first kappa shape index (κ1) is 19.0. The lowest BCUT2D eigenvalue weighted by molar-refractivity contribution is -0.385. The van der Waals surface area contributed by atoms with Crippen LogP contribution in [0, 0.1) is 17.0 Å². The molecule has 146 valence electrons. The van der Waals surface area contributed by atoms with Crippen LogP contribution in [0.25, 0.3) is 10.2 Å². The zero-order chi connectivity index (χ0) is 19.9. The molecule has 3 aromatic rings. The van der Waals surface area contributed by atoms with Crippen molar-refractivity contribution in [2.45, 2.75) is 30.6 Å². The van der Waals surface area contributed by atoms with E-state index in [9.17, 15) is 18.5 Å². The standard InChI is InChI=1S/C19H19N3O4S2/c1-13-6-7-15(22(23)24)12-18(13)28(25,26)21-10-8-14(9-11-21)19-20-16-4-2-3-5-17(16)27-19/h2-7,12,14H,8-11H2,1H3. The van der Waals surface area contributed by atoms with Crippen molar-refractivity contribution in [1.82, 2.24) is 9.29 Å². The van der Waals surface area contributed by atoms with E-state index in [4.69, 9.17) is 4.98 Å². The minimum Gasteiger partial charge on any atom is -0.258 e. The maximum atomic E-state index is 13.1. The summed E-state index contributed by atoms with van der Waals surface area (Å²) in [7, 11) is -3.77. The van der Waals surface area contributed by atoms with Gasteiger partial charge in [0.2, 0.25) is 10.0 Å². The highest BCUT2D eigenvalue weighted by molar-refractivity contribution is 7.89. The molecular formula is C19H19N3O4S2. The Morgan fingerprint density at radius 2 is 1.89 bits per heavy atom. The fourth-order valence-corrected chi connectivity index (χ4v) is 6.38. The van der Waals surface area contributed by atoms with Gasteiger partial charge < -0.3 is 0 Å². The number of rotatable bonds is 4. The Hall–Kier alpha value is -2.36. The summed E-state index contributed by atoms with van der Waals surface area (Å²) in [5.74, 6) is 0.232. The average Bonchev–Trinajstić information content (AvgIpc) is 3.12. The summed E-state index contributed by atoms with van der Waals surface area (Å²) < 4.78 is 28.7. The molecule has 0 radical (unpaired) electrons. The van der Waals surface area contributed by atoms with Crippen molar-refractivity contribution in [2.75, 3.05) is 13.1 Å². The SMILES string of the molecule is Cc1ccc([N+](=O)[O-])cc1S(=O)(=O)N1CCC(c2nc3ccccc3s2)CC1. The maximum Gasteiger partial charge on any atom is 0.270 e. The lowest BCUT2D eigenvalue weighted by atomic mass is 9.99. The molecule has 1 saturated heterocycles. The summed E-state index contributed by atoms with van der Waals surface area (Å²) in [4.78, 5) is 15.2. The molecule has 0 N–H and O–H groups in total. The van der Waals surface area contributed by atoms with Gasteiger partial charge in [0.15, 0.2) is 0 Å². The van der Waals surface area contributed by atoms with Gasteiger partial charge in [0.25, 0.3) is 5.69 Å². The number of benzene rings is 2. The normalized spacial score (nSPS) is 16.5. The van der Waals surface area contributed by atoms with Crippen LogP contribution in [0.5, 0.6) is 0 Å². The highest BCUT2D eigenvalue weighted by Crippen LogP contribution is 2.35. The van der Waals surface area contributed by atoms with Crippen LogP contribution in [0.3, 0.4) is 0 Å². The molecule has 0 saturated carbocycles. The Morgan fingerprint density at radius 3 is 2.57 bits per heavy atom. The van der Waals surface area contributed by atoms with Gasteiger partial charge in [-0.2, -0.15) is 4.31 Å². The monoisotopic (exact) mass is 417 g/mol. The van der Waals surface area contributed by atoms with E-state index in [1.165, 1.54) is 16.4 Å². The molecule has 9 heteroatoms. The van der Waals surface area contributed by atoms with Crippen molar-refractivity contribution >= 4 is 37.3 Å². The lowest BCUT2D eigenvalue weighted by Gasteiger charge is -2.30. The molecule has 0 spiro atoms. The highest BCUT2D eigenvalue weighted by atomic mass is 32.2. The van der Waals surface area contributed by atoms with Crippen molar-refractivity contribution in [1.29, 1.82) is 0 Å². The molecule has 28 heavy (non-hydrogen) atoms. The van der Waals surface area contributed by atoms with Crippen molar-refractivity contribution < 1.29 is 13.3 Å². The van der Waals surface area contributed by atoms with Gasteiger partial charge in [0.05, 0.1) is 25.0 Å². The van der Waals surface area contributed by atoms with Gasteiger partial charge in [0, 0.05) is 31.1 Å². The number of non-ortho nitro benzene ring substituents is 1. The number of hydrogen-bond acceptors (Lipinski definition) is 6. The number of aryl methyl sites for hydroxylation is 1. The van der Waals surface area contributed by atoms with Crippen molar-refractivity contribution in [2.24, 2.45) is 0 Å². The topological polar surface area (TPSA) is 93.4 Å². The molecule has 7 nitrogen and oxygen atoms in total. The molecule has 1 aromatic heterocycles. The second-order valence-corrected chi connectivity index (χ2v) is 9.87. The summed E-state index contributed by atoms with van der Waals surface area (Å²) >= 11 is 1.66. The summed E-state index contributed by atoms with van der Waals surface area (Å²) in [6, 6.07) is 11.9. The van der Waals surface area contributed by atoms with E-state index in [-0.39, 0.29) is 16.5 Å². The highest BCUT2D eigenvalue weighted by Gasteiger charge is 2.32. The molecule has 4 rings (SSSR count). The molecule has 1 fully saturated rings. The molecule has 0 unspecified atom stereocenters. The van der Waals surface area contributed by atoms with E-state index in [1.807, 2.05) is 24.3 Å². The van der Waals surface area contributed by atoms with Crippen LogP contribution in [0.4, 0.5) is 5.69 Å². The van der Waals surface area contributed by atoms with Crippen molar-refractivity contribution in [3.8, 4) is 0 Å². The molecule has 1 aliphatic heterocycles. The summed E-state index contributed by atoms with van der Waals surface area (Å²) in [6.45, 7) is 2.42. The molecule has 1 aliphatic rings. The van der Waals surface area contributed by atoms with E-state index in [2.05, 4.69) is 0 Å². The number of nitro benzene ring substituents is 1.